The summed E-state index contributed by atoms with van der Waals surface area (Å²) in [6.45, 7) is 20.4. The molecule has 4 N–H and O–H groups in total. The highest BCUT2D eigenvalue weighted by molar-refractivity contribution is 6.36. The van der Waals surface area contributed by atoms with E-state index >= 15 is 0 Å². The number of pyridine rings is 1. The van der Waals surface area contributed by atoms with Crippen LogP contribution in [0.5, 0.6) is 11.5 Å². The molecule has 5 fully saturated rings. The van der Waals surface area contributed by atoms with E-state index in [0.717, 1.165) is 25.8 Å². The van der Waals surface area contributed by atoms with Gasteiger partial charge in [0.2, 0.25) is 11.8 Å². The molecule has 2 aromatic heterocycles. The number of aromatic nitrogens is 2. The zero-order valence-electron chi connectivity index (χ0n) is 38.3. The van der Waals surface area contributed by atoms with Crippen molar-refractivity contribution < 1.29 is 47.6 Å². The fourth-order valence-electron chi connectivity index (χ4n) is 9.57. The fraction of sp³-hybridized carbons (Fsp3) is 0.617. The Balaban J connectivity index is 1.09. The lowest BCUT2D eigenvalue weighted by Crippen LogP contribution is -2.59. The maximum absolute atomic E-state index is 14.8. The first-order valence-electron chi connectivity index (χ1n) is 22.7. The van der Waals surface area contributed by atoms with Gasteiger partial charge in [-0.3, -0.25) is 14.5 Å². The van der Waals surface area contributed by atoms with E-state index in [1.807, 2.05) is 34.6 Å². The number of oxazole rings is 1. The molecule has 5 aliphatic rings. The Morgan fingerprint density at radius 3 is 2.48 bits per heavy atom. The number of hydrogen-bond donors (Lipinski definition) is 4. The van der Waals surface area contributed by atoms with Crippen molar-refractivity contribution in [2.75, 3.05) is 44.8 Å². The molecule has 8 atom stereocenters. The second-order valence-electron chi connectivity index (χ2n) is 20.3. The molecule has 0 spiro atoms. The van der Waals surface area contributed by atoms with Crippen molar-refractivity contribution in [3.63, 3.8) is 0 Å². The summed E-state index contributed by atoms with van der Waals surface area (Å²) in [7, 11) is 0. The van der Waals surface area contributed by atoms with Gasteiger partial charge in [0.05, 0.1) is 31.0 Å². The molecule has 8 rings (SSSR count). The highest BCUT2D eigenvalue weighted by Gasteiger charge is 2.61. The van der Waals surface area contributed by atoms with Gasteiger partial charge in [-0.15, -0.1) is 6.58 Å². The topological polar surface area (TPSA) is 207 Å². The first kappa shape index (κ1) is 46.4. The van der Waals surface area contributed by atoms with Crippen LogP contribution in [0.25, 0.3) is 22.3 Å². The number of benzene rings is 1. The standard InChI is InChI=1S/C47H62ClN7O10/c1-9-28-21-47(28,42(58)59)53-40(56)34-19-30(22-55(34)41(57)39(45(4,5)6)52-44(60)65-29-17-26-16-27(26)18-29)64-36-20-32(33-23-63-43(51-33)49-25(2)3)50-38-31(36)10-11-35(37(38)48)62-15-13-54-12-14-61-24-46(54,7)8/h9-11,20,23,25-30,34,39H,1,12-19,21-22,24H2,2-8H3,(H,49,51)(H,52,60)(H,53,56)(H,58,59)/t26-,27+,28-,29?,30?,34+,39-,47-/m1/s1. The number of morpholine rings is 1. The summed E-state index contributed by atoms with van der Waals surface area (Å²) < 4.78 is 30.3. The molecule has 17 nitrogen and oxygen atoms in total. The van der Waals surface area contributed by atoms with Crippen LogP contribution in [0.4, 0.5) is 10.8 Å². The van der Waals surface area contributed by atoms with E-state index in [9.17, 15) is 24.3 Å². The maximum Gasteiger partial charge on any atom is 0.408 e. The number of amides is 3. The Labute approximate surface area is 384 Å². The molecule has 0 bridgehead atoms. The number of carboxylic acids is 1. The van der Waals surface area contributed by atoms with Crippen LogP contribution >= 0.6 is 11.6 Å². The number of halogens is 1. The van der Waals surface area contributed by atoms with Crippen molar-refractivity contribution in [3.8, 4) is 22.9 Å². The highest BCUT2D eigenvalue weighted by atomic mass is 35.5. The lowest BCUT2D eigenvalue weighted by molar-refractivity contribution is -0.146. The Morgan fingerprint density at radius 1 is 1.06 bits per heavy atom. The van der Waals surface area contributed by atoms with Crippen molar-refractivity contribution in [2.24, 2.45) is 23.2 Å². The minimum absolute atomic E-state index is 0.00340. The van der Waals surface area contributed by atoms with Crippen LogP contribution < -0.4 is 25.4 Å². The molecule has 0 radical (unpaired) electrons. The number of carbonyl (C=O) groups excluding carboxylic acids is 3. The van der Waals surface area contributed by atoms with Gasteiger partial charge in [-0.25, -0.2) is 14.6 Å². The van der Waals surface area contributed by atoms with E-state index in [-0.39, 0.29) is 42.1 Å². The van der Waals surface area contributed by atoms with E-state index in [1.165, 1.54) is 17.2 Å². The monoisotopic (exact) mass is 919 g/mol. The number of nitrogens with one attached hydrogen (secondary N) is 3. The van der Waals surface area contributed by atoms with Gasteiger partial charge in [-0.1, -0.05) is 38.4 Å². The highest BCUT2D eigenvalue weighted by Crippen LogP contribution is 2.52. The van der Waals surface area contributed by atoms with Crippen molar-refractivity contribution in [1.29, 1.82) is 0 Å². The quantitative estimate of drug-likeness (QED) is 0.117. The van der Waals surface area contributed by atoms with Gasteiger partial charge >= 0.3 is 12.1 Å². The fourth-order valence-corrected chi connectivity index (χ4v) is 9.83. The average Bonchev–Trinajstić information content (AvgIpc) is 3.91. The van der Waals surface area contributed by atoms with E-state index in [0.29, 0.717) is 78.0 Å². The lowest BCUT2D eigenvalue weighted by Gasteiger charge is -2.41. The molecular formula is C47H62ClN7O10. The second-order valence-corrected chi connectivity index (χ2v) is 20.7. The van der Waals surface area contributed by atoms with Crippen LogP contribution in [0.3, 0.4) is 0 Å². The molecule has 2 aliphatic heterocycles. The molecule has 4 heterocycles. The number of aliphatic carboxylic acids is 1. The third kappa shape index (κ3) is 9.87. The molecule has 18 heteroatoms. The van der Waals surface area contributed by atoms with Crippen LogP contribution in [-0.4, -0.2) is 130 Å². The van der Waals surface area contributed by atoms with Crippen molar-refractivity contribution in [2.45, 2.75) is 122 Å². The molecule has 3 amide bonds. The molecule has 2 saturated heterocycles. The number of carboxylic acid groups (broad SMARTS) is 1. The van der Waals surface area contributed by atoms with Gasteiger partial charge < -0.3 is 49.3 Å². The molecule has 3 aromatic rings. The van der Waals surface area contributed by atoms with Gasteiger partial charge in [0.15, 0.2) is 0 Å². The first-order chi connectivity index (χ1) is 30.8. The lowest BCUT2D eigenvalue weighted by atomic mass is 9.85. The largest absolute Gasteiger partial charge is 0.491 e. The Bertz CT molecular complexity index is 2320. The molecule has 3 aliphatic carbocycles. The van der Waals surface area contributed by atoms with Crippen LogP contribution in [0.1, 0.15) is 80.6 Å². The summed E-state index contributed by atoms with van der Waals surface area (Å²) in [6.07, 6.45) is 4.22. The van der Waals surface area contributed by atoms with Crippen LogP contribution in [0.15, 0.2) is 41.5 Å². The van der Waals surface area contributed by atoms with E-state index < -0.39 is 58.9 Å². The smallest absolute Gasteiger partial charge is 0.408 e. The Hall–Kier alpha value is -5.13. The summed E-state index contributed by atoms with van der Waals surface area (Å²) in [5, 5.41) is 19.7. The summed E-state index contributed by atoms with van der Waals surface area (Å²) in [5.74, 6) is -0.932. The van der Waals surface area contributed by atoms with Crippen LogP contribution in [0.2, 0.25) is 5.02 Å². The van der Waals surface area contributed by atoms with Crippen molar-refractivity contribution >= 4 is 52.4 Å². The third-order valence-electron chi connectivity index (χ3n) is 13.5. The number of nitrogens with zero attached hydrogens (tertiary/aromatic N) is 4. The van der Waals surface area contributed by atoms with Crippen LogP contribution in [0, 0.1) is 23.2 Å². The zero-order valence-corrected chi connectivity index (χ0v) is 39.0. The average molecular weight is 921 g/mol. The number of fused-ring (bicyclic) bond motifs is 2. The molecule has 1 aromatic carbocycles. The number of ether oxygens (including phenoxy) is 4. The first-order valence-corrected chi connectivity index (χ1v) is 23.1. The number of likely N-dealkylation sites (tertiary alicyclic amines) is 1. The number of alkyl carbamates (subject to hydrolysis) is 1. The third-order valence-corrected chi connectivity index (χ3v) is 13.8. The Morgan fingerprint density at radius 2 is 1.82 bits per heavy atom. The van der Waals surface area contributed by atoms with Crippen molar-refractivity contribution in [3.05, 3.63) is 42.1 Å². The van der Waals surface area contributed by atoms with E-state index in [4.69, 9.17) is 39.9 Å². The predicted octanol–water partition coefficient (Wildman–Crippen LogP) is 6.29. The molecule has 2 unspecified atom stereocenters. The van der Waals surface area contributed by atoms with Gasteiger partial charge in [0, 0.05) is 48.5 Å². The number of hydrogen-bond acceptors (Lipinski definition) is 13. The summed E-state index contributed by atoms with van der Waals surface area (Å²) in [6, 6.07) is 3.35. The molecule has 352 valence electrons. The predicted molar refractivity (Wildman–Crippen MR) is 242 cm³/mol. The van der Waals surface area contributed by atoms with Crippen molar-refractivity contribution in [1.82, 2.24) is 30.4 Å². The van der Waals surface area contributed by atoms with Crippen LogP contribution in [-0.2, 0) is 23.9 Å². The van der Waals surface area contributed by atoms with Gasteiger partial charge in [0.1, 0.15) is 64.9 Å². The molecule has 65 heavy (non-hydrogen) atoms. The van der Waals surface area contributed by atoms with E-state index in [2.05, 4.69) is 46.3 Å². The minimum Gasteiger partial charge on any atom is -0.491 e. The van der Waals surface area contributed by atoms with E-state index in [1.54, 1.807) is 18.2 Å². The number of carbonyl (C=O) groups is 4. The summed E-state index contributed by atoms with van der Waals surface area (Å²) >= 11 is 7.13. The maximum atomic E-state index is 14.8. The summed E-state index contributed by atoms with van der Waals surface area (Å²) in [4.78, 5) is 68.3. The molecular weight excluding hydrogens is 858 g/mol. The zero-order chi connectivity index (χ0) is 46.6. The minimum atomic E-state index is -1.55. The summed E-state index contributed by atoms with van der Waals surface area (Å²) in [5.41, 5.74) is -1.36. The second kappa shape index (κ2) is 17.9. The SMILES string of the molecule is C=C[C@@H]1C[C@]1(NC(=O)[C@@H]1CC(Oc2cc(-c3coc(NC(C)C)n3)nc3c(Cl)c(OCCN4CCOCC4(C)C)ccc23)CN1C(=O)[C@@H](NC(=O)OC1C[C@@H]2C[C@@H]2C1)C(C)(C)C)C(=O)O. The van der Waals surface area contributed by atoms with Gasteiger partial charge in [-0.05, 0) is 82.8 Å². The number of anilines is 1. The Kier molecular flexibility index (Phi) is 12.8. The van der Waals surface area contributed by atoms with Gasteiger partial charge in [0.25, 0.3) is 6.01 Å². The van der Waals surface area contributed by atoms with Gasteiger partial charge in [-0.2, -0.15) is 4.98 Å². The normalized spacial score (nSPS) is 27.4. The molecule has 3 saturated carbocycles. The number of rotatable bonds is 16.